The molecule has 270 valence electrons. The minimum Gasteiger partial charge on any atom is -0.457 e. The lowest BCUT2D eigenvalue weighted by Crippen LogP contribution is -2.36. The zero-order valence-corrected chi connectivity index (χ0v) is 31.3. The van der Waals surface area contributed by atoms with Gasteiger partial charge in [0.15, 0.2) is 0 Å². The molecular weight excluding hydrogens is 707 g/mol. The van der Waals surface area contributed by atoms with E-state index in [1.165, 1.54) is 49.2 Å². The third-order valence-electron chi connectivity index (χ3n) is 12.7. The van der Waals surface area contributed by atoms with Crippen LogP contribution in [-0.2, 0) is 5.41 Å². The fraction of sp³-hybridized carbons (Fsp3) is 0.0182. The zero-order valence-electron chi connectivity index (χ0n) is 31.3. The van der Waals surface area contributed by atoms with Crippen molar-refractivity contribution in [2.45, 2.75) is 5.41 Å². The summed E-state index contributed by atoms with van der Waals surface area (Å²) in [7, 11) is 0. The van der Waals surface area contributed by atoms with Crippen LogP contribution >= 0.6 is 0 Å². The first-order valence-electron chi connectivity index (χ1n) is 19.9. The van der Waals surface area contributed by atoms with Gasteiger partial charge in [0.1, 0.15) is 22.7 Å². The maximum atomic E-state index is 7.04. The molecule has 0 bridgehead atoms. The van der Waals surface area contributed by atoms with Crippen molar-refractivity contribution in [2.24, 2.45) is 0 Å². The average Bonchev–Trinajstić information content (AvgIpc) is 3.66. The highest BCUT2D eigenvalue weighted by Gasteiger charge is 2.49. The van der Waals surface area contributed by atoms with Crippen LogP contribution in [0.3, 0.4) is 0 Å². The topological polar surface area (TPSA) is 25.6 Å². The first-order chi connectivity index (χ1) is 28.7. The molecule has 58 heavy (non-hydrogen) atoms. The van der Waals surface area contributed by atoms with Crippen LogP contribution in [0.4, 0.5) is 17.1 Å². The average molecular weight is 740 g/mol. The molecule has 0 fully saturated rings. The van der Waals surface area contributed by atoms with Gasteiger partial charge in [-0.1, -0.05) is 146 Å². The van der Waals surface area contributed by atoms with Crippen LogP contribution in [0.1, 0.15) is 22.3 Å². The van der Waals surface area contributed by atoms with E-state index in [9.17, 15) is 0 Å². The molecule has 1 aliphatic carbocycles. The molecule has 2 aliphatic rings. The maximum absolute atomic E-state index is 7.04. The van der Waals surface area contributed by atoms with Gasteiger partial charge < -0.3 is 14.1 Å². The van der Waals surface area contributed by atoms with Crippen molar-refractivity contribution in [1.29, 1.82) is 0 Å². The van der Waals surface area contributed by atoms with Crippen molar-refractivity contribution in [2.75, 3.05) is 4.90 Å². The van der Waals surface area contributed by atoms with E-state index in [0.29, 0.717) is 0 Å². The van der Waals surface area contributed by atoms with Gasteiger partial charge >= 0.3 is 0 Å². The summed E-state index contributed by atoms with van der Waals surface area (Å²) in [6.07, 6.45) is 0. The SMILES string of the molecule is c1ccc2c(c1)Oc1cc(N(c3ccc4ccccc4c3)c3ccc4c(c3)oc3c5ccccc5ccc43)ccc1C21c2ccccc2-c2cccc3cccc1c23. The van der Waals surface area contributed by atoms with Gasteiger partial charge in [-0.3, -0.25) is 0 Å². The molecule has 0 radical (unpaired) electrons. The summed E-state index contributed by atoms with van der Waals surface area (Å²) >= 11 is 0. The van der Waals surface area contributed by atoms with E-state index in [4.69, 9.17) is 9.15 Å². The van der Waals surface area contributed by atoms with Gasteiger partial charge in [0.2, 0.25) is 0 Å². The summed E-state index contributed by atoms with van der Waals surface area (Å²) in [6.45, 7) is 0. The van der Waals surface area contributed by atoms with E-state index >= 15 is 0 Å². The molecule has 0 amide bonds. The second-order valence-electron chi connectivity index (χ2n) is 15.6. The number of hydrogen-bond acceptors (Lipinski definition) is 3. The Morgan fingerprint density at radius 2 is 0.983 bits per heavy atom. The smallest absolute Gasteiger partial charge is 0.143 e. The van der Waals surface area contributed by atoms with Crippen molar-refractivity contribution in [3.8, 4) is 22.6 Å². The second kappa shape index (κ2) is 11.7. The summed E-state index contributed by atoms with van der Waals surface area (Å²) in [5, 5.41) is 9.41. The Bertz CT molecular complexity index is 3520. The minimum atomic E-state index is -0.600. The summed E-state index contributed by atoms with van der Waals surface area (Å²) < 4.78 is 13.8. The molecule has 3 heteroatoms. The molecule has 1 aliphatic heterocycles. The van der Waals surface area contributed by atoms with Gasteiger partial charge in [0.25, 0.3) is 0 Å². The van der Waals surface area contributed by atoms with Gasteiger partial charge in [0.05, 0.1) is 5.41 Å². The summed E-state index contributed by atoms with van der Waals surface area (Å²) in [5.74, 6) is 1.70. The van der Waals surface area contributed by atoms with E-state index < -0.39 is 5.41 Å². The largest absolute Gasteiger partial charge is 0.457 e. The maximum Gasteiger partial charge on any atom is 0.143 e. The lowest BCUT2D eigenvalue weighted by atomic mass is 9.58. The molecule has 2 heterocycles. The van der Waals surface area contributed by atoms with Crippen LogP contribution in [0.2, 0.25) is 0 Å². The van der Waals surface area contributed by atoms with Gasteiger partial charge in [0, 0.05) is 56.5 Å². The number of benzene rings is 10. The Labute approximate surface area is 334 Å². The quantitative estimate of drug-likeness (QED) is 0.180. The summed E-state index contributed by atoms with van der Waals surface area (Å²) in [5.41, 5.74) is 11.5. The van der Waals surface area contributed by atoms with Crippen molar-refractivity contribution in [1.82, 2.24) is 0 Å². The molecular formula is C55H33NO2. The molecule has 1 atom stereocenters. The van der Waals surface area contributed by atoms with Gasteiger partial charge in [-0.15, -0.1) is 0 Å². The normalized spacial score (nSPS) is 15.1. The molecule has 3 nitrogen and oxygen atoms in total. The van der Waals surface area contributed by atoms with E-state index in [0.717, 1.165) is 67.0 Å². The Morgan fingerprint density at radius 1 is 0.362 bits per heavy atom. The lowest BCUT2D eigenvalue weighted by Gasteiger charge is -2.45. The third kappa shape index (κ3) is 4.22. The van der Waals surface area contributed by atoms with Gasteiger partial charge in [-0.25, -0.2) is 0 Å². The lowest BCUT2D eigenvalue weighted by molar-refractivity contribution is 0.435. The minimum absolute atomic E-state index is 0.600. The van der Waals surface area contributed by atoms with Crippen molar-refractivity contribution < 1.29 is 9.15 Å². The van der Waals surface area contributed by atoms with Crippen LogP contribution in [0.15, 0.2) is 205 Å². The second-order valence-corrected chi connectivity index (χ2v) is 15.6. The van der Waals surface area contributed by atoms with Crippen LogP contribution in [0.5, 0.6) is 11.5 Å². The van der Waals surface area contributed by atoms with Crippen LogP contribution in [0.25, 0.3) is 65.4 Å². The predicted molar refractivity (Wildman–Crippen MR) is 238 cm³/mol. The van der Waals surface area contributed by atoms with Crippen LogP contribution in [0, 0.1) is 0 Å². The Kier molecular flexibility index (Phi) is 6.37. The van der Waals surface area contributed by atoms with E-state index in [1.807, 2.05) is 0 Å². The van der Waals surface area contributed by atoms with Crippen molar-refractivity contribution >= 4 is 71.3 Å². The van der Waals surface area contributed by atoms with Gasteiger partial charge in [-0.05, 0) is 91.6 Å². The number of nitrogens with zero attached hydrogens (tertiary/aromatic N) is 1. The van der Waals surface area contributed by atoms with E-state index in [2.05, 4.69) is 205 Å². The van der Waals surface area contributed by atoms with Crippen molar-refractivity contribution in [3.63, 3.8) is 0 Å². The third-order valence-corrected chi connectivity index (χ3v) is 12.7. The number of rotatable bonds is 3. The van der Waals surface area contributed by atoms with Crippen LogP contribution in [-0.4, -0.2) is 0 Å². The molecule has 0 saturated heterocycles. The molecule has 10 aromatic carbocycles. The first kappa shape index (κ1) is 31.6. The highest BCUT2D eigenvalue weighted by molar-refractivity contribution is 6.15. The molecule has 11 aromatic rings. The number of ether oxygens (including phenoxy) is 1. The molecule has 1 spiro atoms. The molecule has 1 unspecified atom stereocenters. The standard InChI is InChI=1S/C55H33NO2/c1-2-13-37-31-38(25-23-34(37)11-1)56(39-26-29-43-45-28-24-35-12-3-4-16-41(35)54(45)58-51(43)32-39)40-27-30-48-52(33-40)57-50-22-8-7-20-47(50)55(48)46-19-6-5-17-42(46)44-18-9-14-36-15-10-21-49(55)53(36)44/h1-33H. The Hall–Kier alpha value is -7.62. The van der Waals surface area contributed by atoms with E-state index in [1.54, 1.807) is 0 Å². The summed E-state index contributed by atoms with van der Waals surface area (Å²) in [6, 6.07) is 72.5. The van der Waals surface area contributed by atoms with E-state index in [-0.39, 0.29) is 0 Å². The fourth-order valence-electron chi connectivity index (χ4n) is 10.2. The molecule has 1 aromatic heterocycles. The number of furan rings is 1. The molecule has 0 N–H and O–H groups in total. The zero-order chi connectivity index (χ0) is 38.0. The summed E-state index contributed by atoms with van der Waals surface area (Å²) in [4.78, 5) is 2.33. The number of anilines is 3. The number of fused-ring (bicyclic) bond motifs is 14. The fourth-order valence-corrected chi connectivity index (χ4v) is 10.2. The van der Waals surface area contributed by atoms with Gasteiger partial charge in [-0.2, -0.15) is 0 Å². The highest BCUT2D eigenvalue weighted by Crippen LogP contribution is 2.61. The van der Waals surface area contributed by atoms with Crippen molar-refractivity contribution in [3.05, 3.63) is 222 Å². The number of hydrogen-bond donors (Lipinski definition) is 0. The predicted octanol–water partition coefficient (Wildman–Crippen LogP) is 15.0. The first-order valence-corrected chi connectivity index (χ1v) is 19.9. The number of para-hydroxylation sites is 1. The molecule has 13 rings (SSSR count). The van der Waals surface area contributed by atoms with Crippen LogP contribution < -0.4 is 9.64 Å². The highest BCUT2D eigenvalue weighted by atomic mass is 16.5. The monoisotopic (exact) mass is 739 g/mol. The Morgan fingerprint density at radius 3 is 1.91 bits per heavy atom. The Balaban J connectivity index is 1.07. The molecule has 0 saturated carbocycles.